The smallest absolute Gasteiger partial charge is 0.298 e. The number of nitrogens with two attached hydrogens (primary N) is 1. The van der Waals surface area contributed by atoms with Crippen molar-refractivity contribution in [3.8, 4) is 10.9 Å². The third kappa shape index (κ3) is 2.74. The second kappa shape index (κ2) is 5.14. The summed E-state index contributed by atoms with van der Waals surface area (Å²) in [6, 6.07) is 5.60. The minimum atomic E-state index is 0.571. The van der Waals surface area contributed by atoms with Crippen LogP contribution in [0.2, 0.25) is 0 Å². The highest BCUT2D eigenvalue weighted by molar-refractivity contribution is 7.07. The minimum absolute atomic E-state index is 0.571. The zero-order chi connectivity index (χ0) is 12.3. The zero-order valence-corrected chi connectivity index (χ0v) is 10.8. The predicted molar refractivity (Wildman–Crippen MR) is 69.6 cm³/mol. The van der Waals surface area contributed by atoms with Crippen LogP contribution in [0.5, 0.6) is 10.9 Å². The van der Waals surface area contributed by atoms with Gasteiger partial charge in [-0.05, 0) is 25.5 Å². The molecule has 0 aliphatic heterocycles. The molecule has 0 amide bonds. The summed E-state index contributed by atoms with van der Waals surface area (Å²) in [4.78, 5) is 4.31. The maximum absolute atomic E-state index is 5.81. The molecule has 0 unspecified atom stereocenters. The number of benzene rings is 1. The lowest BCUT2D eigenvalue weighted by molar-refractivity contribution is 0.473. The number of nitrogen functional groups attached to an aromatic ring is 1. The highest BCUT2D eigenvalue weighted by Gasteiger charge is 2.08. The summed E-state index contributed by atoms with van der Waals surface area (Å²) in [5.74, 6) is 1.58. The number of anilines is 1. The molecule has 0 aliphatic carbocycles. The van der Waals surface area contributed by atoms with E-state index in [-0.39, 0.29) is 0 Å². The first-order valence-corrected chi connectivity index (χ1v) is 6.33. The third-order valence-electron chi connectivity index (χ3n) is 2.45. The Hall–Kier alpha value is -1.62. The molecule has 4 nitrogen and oxygen atoms in total. The van der Waals surface area contributed by atoms with Crippen molar-refractivity contribution in [1.29, 1.82) is 0 Å². The van der Waals surface area contributed by atoms with Gasteiger partial charge in [0.25, 0.3) is 5.19 Å². The summed E-state index contributed by atoms with van der Waals surface area (Å²) in [7, 11) is 0. The Morgan fingerprint density at radius 1 is 1.41 bits per heavy atom. The van der Waals surface area contributed by atoms with E-state index in [1.54, 1.807) is 0 Å². The predicted octanol–water partition coefficient (Wildman–Crippen LogP) is 3.17. The molecule has 0 spiro atoms. The maximum atomic E-state index is 5.81. The molecule has 0 saturated heterocycles. The number of hydrogen-bond acceptors (Lipinski definition) is 5. The molecule has 17 heavy (non-hydrogen) atoms. The van der Waals surface area contributed by atoms with Crippen LogP contribution in [0.15, 0.2) is 18.2 Å². The number of ether oxygens (including phenoxy) is 1. The second-order valence-electron chi connectivity index (χ2n) is 3.80. The van der Waals surface area contributed by atoms with Crippen molar-refractivity contribution in [1.82, 2.24) is 9.36 Å². The Bertz CT molecular complexity index is 510. The topological polar surface area (TPSA) is 61.0 Å². The van der Waals surface area contributed by atoms with Gasteiger partial charge in [-0.3, -0.25) is 0 Å². The molecule has 1 heterocycles. The lowest BCUT2D eigenvalue weighted by Gasteiger charge is -2.06. The first-order chi connectivity index (χ1) is 8.20. The van der Waals surface area contributed by atoms with Crippen LogP contribution >= 0.6 is 11.5 Å². The van der Waals surface area contributed by atoms with Crippen LogP contribution in [-0.4, -0.2) is 9.36 Å². The van der Waals surface area contributed by atoms with Gasteiger partial charge in [0.2, 0.25) is 0 Å². The monoisotopic (exact) mass is 249 g/mol. The van der Waals surface area contributed by atoms with E-state index in [0.717, 1.165) is 35.7 Å². The molecule has 0 saturated carbocycles. The van der Waals surface area contributed by atoms with Gasteiger partial charge in [0.05, 0.1) is 0 Å². The van der Waals surface area contributed by atoms with E-state index in [1.165, 1.54) is 11.5 Å². The Labute approximate surface area is 105 Å². The lowest BCUT2D eigenvalue weighted by atomic mass is 10.2. The molecular formula is C12H15N3OS. The van der Waals surface area contributed by atoms with Crippen molar-refractivity contribution in [2.75, 3.05) is 5.73 Å². The van der Waals surface area contributed by atoms with Crippen molar-refractivity contribution in [2.24, 2.45) is 0 Å². The van der Waals surface area contributed by atoms with E-state index >= 15 is 0 Å². The van der Waals surface area contributed by atoms with Crippen LogP contribution < -0.4 is 10.5 Å². The summed E-state index contributed by atoms with van der Waals surface area (Å²) in [6.07, 6.45) is 1.92. The fourth-order valence-electron chi connectivity index (χ4n) is 1.44. The van der Waals surface area contributed by atoms with Gasteiger partial charge in [0.1, 0.15) is 11.6 Å². The van der Waals surface area contributed by atoms with E-state index in [0.29, 0.717) is 5.19 Å². The molecule has 2 N–H and O–H groups in total. The lowest BCUT2D eigenvalue weighted by Crippen LogP contribution is -1.93. The molecule has 90 valence electrons. The average molecular weight is 249 g/mol. The van der Waals surface area contributed by atoms with Gasteiger partial charge in [-0.2, -0.15) is 9.36 Å². The quantitative estimate of drug-likeness (QED) is 0.845. The van der Waals surface area contributed by atoms with Gasteiger partial charge in [0.15, 0.2) is 0 Å². The van der Waals surface area contributed by atoms with Crippen molar-refractivity contribution < 1.29 is 4.74 Å². The van der Waals surface area contributed by atoms with Gasteiger partial charge in [-0.25, -0.2) is 0 Å². The Balaban J connectivity index is 2.16. The zero-order valence-electron chi connectivity index (χ0n) is 9.93. The Morgan fingerprint density at radius 3 is 3.00 bits per heavy atom. The summed E-state index contributed by atoms with van der Waals surface area (Å²) in [5.41, 5.74) is 7.47. The maximum Gasteiger partial charge on any atom is 0.298 e. The van der Waals surface area contributed by atoms with Gasteiger partial charge >= 0.3 is 0 Å². The van der Waals surface area contributed by atoms with Crippen LogP contribution in [0.25, 0.3) is 0 Å². The highest BCUT2D eigenvalue weighted by atomic mass is 32.1. The fraction of sp³-hybridized carbons (Fsp3) is 0.333. The summed E-state index contributed by atoms with van der Waals surface area (Å²) in [6.45, 7) is 4.03. The molecule has 2 aromatic rings. The van der Waals surface area contributed by atoms with Gasteiger partial charge in [-0.1, -0.05) is 13.0 Å². The van der Waals surface area contributed by atoms with E-state index in [4.69, 9.17) is 10.5 Å². The Morgan fingerprint density at radius 2 is 2.24 bits per heavy atom. The van der Waals surface area contributed by atoms with Crippen LogP contribution in [0, 0.1) is 6.92 Å². The highest BCUT2D eigenvalue weighted by Crippen LogP contribution is 2.29. The minimum Gasteiger partial charge on any atom is -0.429 e. The standard InChI is InChI=1S/C12H15N3OS/c1-3-5-11-14-12(17-15-11)16-10-7-4-6-9(13)8(10)2/h4,6-7H,3,5,13H2,1-2H3. The summed E-state index contributed by atoms with van der Waals surface area (Å²) in [5, 5.41) is 0.571. The van der Waals surface area contributed by atoms with Crippen molar-refractivity contribution in [3.63, 3.8) is 0 Å². The normalized spacial score (nSPS) is 10.5. The van der Waals surface area contributed by atoms with Crippen molar-refractivity contribution in [2.45, 2.75) is 26.7 Å². The van der Waals surface area contributed by atoms with Crippen LogP contribution in [0.4, 0.5) is 5.69 Å². The van der Waals surface area contributed by atoms with E-state index in [9.17, 15) is 0 Å². The summed E-state index contributed by atoms with van der Waals surface area (Å²) < 4.78 is 9.91. The molecule has 0 radical (unpaired) electrons. The van der Waals surface area contributed by atoms with Gasteiger partial charge < -0.3 is 10.5 Å². The average Bonchev–Trinajstić information content (AvgIpc) is 2.73. The fourth-order valence-corrected chi connectivity index (χ4v) is 2.03. The molecule has 0 aliphatic rings. The molecule has 0 atom stereocenters. The first-order valence-electron chi connectivity index (χ1n) is 5.56. The van der Waals surface area contributed by atoms with E-state index in [2.05, 4.69) is 16.3 Å². The number of rotatable bonds is 4. The van der Waals surface area contributed by atoms with Gasteiger partial charge in [0, 0.05) is 29.2 Å². The molecular weight excluding hydrogens is 234 g/mol. The number of aryl methyl sites for hydroxylation is 1. The number of aromatic nitrogens is 2. The van der Waals surface area contributed by atoms with E-state index in [1.807, 2.05) is 25.1 Å². The molecule has 2 rings (SSSR count). The molecule has 5 heteroatoms. The largest absolute Gasteiger partial charge is 0.429 e. The molecule has 0 fully saturated rings. The van der Waals surface area contributed by atoms with Crippen LogP contribution in [0.3, 0.4) is 0 Å². The Kier molecular flexibility index (Phi) is 3.58. The van der Waals surface area contributed by atoms with E-state index < -0.39 is 0 Å². The second-order valence-corrected chi connectivity index (χ2v) is 4.51. The summed E-state index contributed by atoms with van der Waals surface area (Å²) >= 11 is 1.27. The third-order valence-corrected chi connectivity index (χ3v) is 3.08. The number of hydrogen-bond donors (Lipinski definition) is 1. The van der Waals surface area contributed by atoms with Crippen LogP contribution in [-0.2, 0) is 6.42 Å². The number of nitrogens with zero attached hydrogens (tertiary/aromatic N) is 2. The molecule has 1 aromatic heterocycles. The van der Waals surface area contributed by atoms with Gasteiger partial charge in [-0.15, -0.1) is 0 Å². The van der Waals surface area contributed by atoms with Crippen molar-refractivity contribution in [3.05, 3.63) is 29.6 Å². The molecule has 1 aromatic carbocycles. The first kappa shape index (κ1) is 11.9. The SMILES string of the molecule is CCCc1nsc(Oc2cccc(N)c2C)n1. The van der Waals surface area contributed by atoms with Crippen molar-refractivity contribution >= 4 is 17.2 Å². The van der Waals surface area contributed by atoms with Crippen LogP contribution in [0.1, 0.15) is 24.7 Å². The molecule has 0 bridgehead atoms.